The van der Waals surface area contributed by atoms with Gasteiger partial charge in [-0.15, -0.1) is 11.8 Å². The van der Waals surface area contributed by atoms with Crippen LogP contribution in [0.2, 0.25) is 0 Å². The molecular formula is C38H49F2N5O8S. The average molecular weight is 774 g/mol. The maximum atomic E-state index is 15.0. The number of nitrogens with two attached hydrogens (primary N) is 2. The lowest BCUT2D eigenvalue weighted by Crippen LogP contribution is -2.47. The zero-order chi connectivity index (χ0) is 40.2. The number of carbonyl (C=O) groups is 5. The van der Waals surface area contributed by atoms with Crippen LogP contribution in [0.3, 0.4) is 0 Å². The number of carbonyl (C=O) groups excluding carboxylic acids is 3. The summed E-state index contributed by atoms with van der Waals surface area (Å²) in [4.78, 5) is 62.8. The maximum absolute atomic E-state index is 15.0. The minimum atomic E-state index is -1.27. The van der Waals surface area contributed by atoms with E-state index >= 15 is 4.39 Å². The molecule has 0 saturated carbocycles. The van der Waals surface area contributed by atoms with Crippen LogP contribution in [-0.2, 0) is 30.5 Å². The van der Waals surface area contributed by atoms with E-state index in [4.69, 9.17) is 16.6 Å². The van der Waals surface area contributed by atoms with Gasteiger partial charge in [-0.3, -0.25) is 24.0 Å². The molecule has 0 aliphatic rings. The predicted octanol–water partition coefficient (Wildman–Crippen LogP) is 3.56. The van der Waals surface area contributed by atoms with Crippen molar-refractivity contribution in [1.82, 2.24) is 14.8 Å². The molecule has 3 aromatic rings. The summed E-state index contributed by atoms with van der Waals surface area (Å²) in [7, 11) is 0. The van der Waals surface area contributed by atoms with Gasteiger partial charge >= 0.3 is 11.9 Å². The van der Waals surface area contributed by atoms with E-state index in [0.717, 1.165) is 35.5 Å². The first-order valence-electron chi connectivity index (χ1n) is 17.4. The number of aliphatic hydroxyl groups is 1. The molecule has 0 aliphatic carbocycles. The lowest BCUT2D eigenvalue weighted by atomic mass is 9.82. The van der Waals surface area contributed by atoms with Crippen molar-refractivity contribution < 1.29 is 48.1 Å². The van der Waals surface area contributed by atoms with Gasteiger partial charge in [-0.05, 0) is 48.1 Å². The Morgan fingerprint density at radius 3 is 2.28 bits per heavy atom. The minimum absolute atomic E-state index is 0.0188. The Morgan fingerprint density at radius 2 is 1.67 bits per heavy atom. The molecule has 8 N–H and O–H groups in total. The molecule has 2 aromatic carbocycles. The van der Waals surface area contributed by atoms with Gasteiger partial charge in [0.15, 0.2) is 0 Å². The van der Waals surface area contributed by atoms with Crippen molar-refractivity contribution in [3.63, 3.8) is 0 Å². The molecule has 1 unspecified atom stereocenters. The first kappa shape index (κ1) is 43.8. The number of thioether (sulfide) groups is 1. The summed E-state index contributed by atoms with van der Waals surface area (Å²) in [6.45, 7) is 5.16. The van der Waals surface area contributed by atoms with Crippen molar-refractivity contribution in [2.75, 3.05) is 25.4 Å². The van der Waals surface area contributed by atoms with E-state index in [1.54, 1.807) is 12.3 Å². The van der Waals surface area contributed by atoms with E-state index in [0.29, 0.717) is 17.8 Å². The van der Waals surface area contributed by atoms with Crippen LogP contribution in [-0.4, -0.2) is 97.1 Å². The van der Waals surface area contributed by atoms with Crippen LogP contribution in [0.5, 0.6) is 0 Å². The molecule has 294 valence electrons. The zero-order valence-corrected chi connectivity index (χ0v) is 31.4. The number of carboxylic acid groups (broad SMARTS) is 2. The van der Waals surface area contributed by atoms with Gasteiger partial charge in [0.05, 0.1) is 23.8 Å². The molecule has 0 saturated heterocycles. The average Bonchev–Trinajstić information content (AvgIpc) is 3.51. The second kappa shape index (κ2) is 20.2. The number of Topliss-reactive ketones (excluding diaryl/α,β-unsaturated/α-hetero) is 1. The number of nitrogens with zero attached hydrogens (tertiary/aromatic N) is 2. The normalized spacial score (nSPS) is 13.8. The summed E-state index contributed by atoms with van der Waals surface area (Å²) >= 11 is 0.855. The van der Waals surface area contributed by atoms with Crippen LogP contribution in [0.4, 0.5) is 8.78 Å². The third-order valence-electron chi connectivity index (χ3n) is 8.66. The molecule has 4 atom stereocenters. The number of halogens is 2. The first-order chi connectivity index (χ1) is 25.4. The highest BCUT2D eigenvalue weighted by Gasteiger charge is 2.37. The molecule has 3 rings (SSSR count). The van der Waals surface area contributed by atoms with Crippen LogP contribution in [0, 0.1) is 17.0 Å². The van der Waals surface area contributed by atoms with E-state index in [1.165, 1.54) is 4.90 Å². The van der Waals surface area contributed by atoms with E-state index in [2.05, 4.69) is 5.32 Å². The smallest absolute Gasteiger partial charge is 0.321 e. The van der Waals surface area contributed by atoms with E-state index in [9.17, 15) is 38.6 Å². The molecule has 13 nitrogen and oxygen atoms in total. The van der Waals surface area contributed by atoms with Gasteiger partial charge in [0.1, 0.15) is 30.1 Å². The van der Waals surface area contributed by atoms with Crippen LogP contribution in [0.25, 0.3) is 11.1 Å². The van der Waals surface area contributed by atoms with Gasteiger partial charge in [0.25, 0.3) is 0 Å². The summed E-state index contributed by atoms with van der Waals surface area (Å²) in [5.41, 5.74) is 13.0. The maximum Gasteiger partial charge on any atom is 0.321 e. The number of aliphatic carboxylic acids is 2. The molecule has 0 spiro atoms. The zero-order valence-electron chi connectivity index (χ0n) is 30.5. The SMILES string of the molecule is CC(C)(C)[C@H](c1cc(-c2cc(F)ccc2F)cn1Cc1ccccc1)N(CC[C@H](N)C(=O)NCCCC(=O)C(CC(=O)O)SC[C@H](N)C(=O)O)C(=O)CO. The fraction of sp³-hybridized carbons (Fsp3) is 0.447. The van der Waals surface area contributed by atoms with Gasteiger partial charge in [-0.1, -0.05) is 51.1 Å². The van der Waals surface area contributed by atoms with Crippen LogP contribution < -0.4 is 16.8 Å². The molecule has 16 heteroatoms. The van der Waals surface area contributed by atoms with Crippen LogP contribution in [0.15, 0.2) is 60.8 Å². The fourth-order valence-electron chi connectivity index (χ4n) is 5.99. The summed E-state index contributed by atoms with van der Waals surface area (Å²) in [6, 6.07) is 11.2. The Labute approximate surface area is 317 Å². The van der Waals surface area contributed by atoms with Gasteiger partial charge in [-0.2, -0.15) is 0 Å². The van der Waals surface area contributed by atoms with E-state index in [1.807, 2.05) is 55.7 Å². The van der Waals surface area contributed by atoms with E-state index in [-0.39, 0.29) is 43.7 Å². The highest BCUT2D eigenvalue weighted by atomic mass is 32.2. The second-order valence-corrected chi connectivity index (χ2v) is 15.3. The van der Waals surface area contributed by atoms with E-state index < -0.39 is 83.0 Å². The summed E-state index contributed by atoms with van der Waals surface area (Å²) in [5.74, 6) is -5.52. The van der Waals surface area contributed by atoms with Crippen molar-refractivity contribution in [1.29, 1.82) is 0 Å². The largest absolute Gasteiger partial charge is 0.481 e. The minimum Gasteiger partial charge on any atom is -0.481 e. The Balaban J connectivity index is 1.77. The number of amides is 2. The molecule has 0 bridgehead atoms. The van der Waals surface area contributed by atoms with Crippen molar-refractivity contribution >= 4 is 41.3 Å². The lowest BCUT2D eigenvalue weighted by molar-refractivity contribution is -0.140. The summed E-state index contributed by atoms with van der Waals surface area (Å²) in [6.07, 6.45) is 1.24. The Kier molecular flexibility index (Phi) is 16.3. The number of aromatic nitrogens is 1. The summed E-state index contributed by atoms with van der Waals surface area (Å²) in [5, 5.41) is 29.9. The number of hydrogen-bond acceptors (Lipinski definition) is 9. The van der Waals surface area contributed by atoms with Crippen molar-refractivity contribution in [2.45, 2.75) is 76.4 Å². The molecule has 0 radical (unpaired) electrons. The highest BCUT2D eigenvalue weighted by Crippen LogP contribution is 2.41. The molecule has 1 aromatic heterocycles. The van der Waals surface area contributed by atoms with Crippen molar-refractivity contribution in [3.8, 4) is 11.1 Å². The highest BCUT2D eigenvalue weighted by molar-refractivity contribution is 8.00. The molecule has 54 heavy (non-hydrogen) atoms. The van der Waals surface area contributed by atoms with Gasteiger partial charge in [-0.25, -0.2) is 8.78 Å². The quantitative estimate of drug-likeness (QED) is 0.0860. The number of rotatable bonds is 21. The van der Waals surface area contributed by atoms with Crippen molar-refractivity contribution in [2.24, 2.45) is 16.9 Å². The molecular weight excluding hydrogens is 725 g/mol. The van der Waals surface area contributed by atoms with Gasteiger partial charge in [0, 0.05) is 54.8 Å². The Morgan fingerprint density at radius 1 is 0.981 bits per heavy atom. The third-order valence-corrected chi connectivity index (χ3v) is 10.0. The van der Waals surface area contributed by atoms with Crippen LogP contribution >= 0.6 is 11.8 Å². The number of hydrogen-bond donors (Lipinski definition) is 6. The molecule has 2 amide bonds. The standard InChI is InChI=1S/C38H49F2N5O8S/c1-38(2,3)35(30-16-24(26-17-25(39)11-12-27(26)40)20-44(30)19-23-8-5-4-6-9-23)45(33(48)21-46)15-13-28(41)36(51)43-14-7-10-31(47)32(18-34(49)50)54-22-29(42)37(52)53/h4-6,8-9,11-12,16-17,20,28-29,32,35,46H,7,10,13-15,18-19,21-22,41-42H2,1-3H3,(H,43,51)(H,49,50)(H,52,53)/t28-,29-,32?,35-/m0/s1. The van der Waals surface area contributed by atoms with Crippen molar-refractivity contribution in [3.05, 3.63) is 83.7 Å². The molecule has 1 heterocycles. The molecule has 0 aliphatic heterocycles. The Hall–Kier alpha value is -4.64. The number of nitrogens with one attached hydrogen (secondary N) is 1. The number of ketones is 1. The first-order valence-corrected chi connectivity index (χ1v) is 18.4. The number of carboxylic acids is 2. The molecule has 0 fully saturated rings. The lowest BCUT2D eigenvalue weighted by Gasteiger charge is -2.41. The second-order valence-electron chi connectivity index (χ2n) is 14.0. The number of aliphatic hydroxyl groups excluding tert-OH is 1. The fourth-order valence-corrected chi connectivity index (χ4v) is 7.14. The van der Waals surface area contributed by atoms with Crippen LogP contribution in [0.1, 0.15) is 63.8 Å². The third kappa shape index (κ3) is 12.7. The Bertz CT molecular complexity index is 1770. The predicted molar refractivity (Wildman–Crippen MR) is 200 cm³/mol. The number of benzene rings is 2. The van der Waals surface area contributed by atoms with Gasteiger partial charge in [0.2, 0.25) is 11.8 Å². The monoisotopic (exact) mass is 773 g/mol. The van der Waals surface area contributed by atoms with Gasteiger partial charge < -0.3 is 41.6 Å². The summed E-state index contributed by atoms with van der Waals surface area (Å²) < 4.78 is 31.2. The topological polar surface area (TPSA) is 218 Å².